The highest BCUT2D eigenvalue weighted by molar-refractivity contribution is 6.30. The van der Waals surface area contributed by atoms with Gasteiger partial charge in [0.05, 0.1) is 35.9 Å². The molecule has 0 spiro atoms. The van der Waals surface area contributed by atoms with Gasteiger partial charge >= 0.3 is 6.18 Å². The van der Waals surface area contributed by atoms with E-state index in [0.29, 0.717) is 35.8 Å². The van der Waals surface area contributed by atoms with Crippen molar-refractivity contribution < 1.29 is 37.0 Å². The highest BCUT2D eigenvalue weighted by Gasteiger charge is 2.35. The summed E-state index contributed by atoms with van der Waals surface area (Å²) in [6.07, 6.45) is -5.14. The molecule has 4 aromatic carbocycles. The number of rotatable bonds is 10. The third kappa shape index (κ3) is 9.01. The topological polar surface area (TPSA) is 82.1 Å². The number of alkyl halides is 3. The fourth-order valence-corrected chi connectivity index (χ4v) is 6.18. The fraction of sp³-hybridized carbons (Fsp3) is 0.316. The summed E-state index contributed by atoms with van der Waals surface area (Å²) >= 11 is 6.04. The number of benzene rings is 4. The van der Waals surface area contributed by atoms with Crippen molar-refractivity contribution in [3.63, 3.8) is 0 Å². The Morgan fingerprint density at radius 2 is 1.72 bits per heavy atom. The Kier molecular flexibility index (Phi) is 11.5. The first kappa shape index (κ1) is 36.8. The number of aliphatic hydroxyl groups is 1. The van der Waals surface area contributed by atoms with Crippen LogP contribution in [0.25, 0.3) is 11.1 Å². The Hall–Kier alpha value is -4.45. The van der Waals surface area contributed by atoms with Crippen molar-refractivity contribution in [1.82, 2.24) is 9.80 Å². The number of anilines is 1. The molecule has 0 saturated heterocycles. The number of hydrogen-bond acceptors (Lipinski definition) is 5. The van der Waals surface area contributed by atoms with Gasteiger partial charge in [-0.2, -0.15) is 13.2 Å². The third-order valence-corrected chi connectivity index (χ3v) is 8.92. The second-order valence-electron chi connectivity index (χ2n) is 12.8. The second kappa shape index (κ2) is 15.6. The molecule has 0 saturated carbocycles. The molecule has 1 aliphatic rings. The lowest BCUT2D eigenvalue weighted by Gasteiger charge is -2.38. The molecule has 3 atom stereocenters. The average molecular weight is 712 g/mol. The van der Waals surface area contributed by atoms with Crippen LogP contribution >= 0.6 is 11.6 Å². The molecule has 5 rings (SSSR count). The van der Waals surface area contributed by atoms with Crippen molar-refractivity contribution >= 4 is 29.1 Å². The summed E-state index contributed by atoms with van der Waals surface area (Å²) in [6, 6.07) is 20.8. The molecule has 0 fully saturated rings. The van der Waals surface area contributed by atoms with Gasteiger partial charge in [0, 0.05) is 30.6 Å². The van der Waals surface area contributed by atoms with Gasteiger partial charge in [-0.25, -0.2) is 4.39 Å². The SMILES string of the molecule is C[C@@H]1CN([C@@H](C)CO)C(=O)c2cccc(NC(=O)Cc3ccc(C(F)(F)F)cc3)c2O[C@@H]1CN(C)Cc1ccc(-c2cc(F)cc(Cl)c2)cc1. The van der Waals surface area contributed by atoms with Crippen molar-refractivity contribution in [3.8, 4) is 16.9 Å². The Labute approximate surface area is 293 Å². The van der Waals surface area contributed by atoms with Crippen molar-refractivity contribution in [2.45, 2.75) is 45.1 Å². The Morgan fingerprint density at radius 3 is 2.36 bits per heavy atom. The van der Waals surface area contributed by atoms with Gasteiger partial charge in [0.25, 0.3) is 5.91 Å². The minimum absolute atomic E-state index is 0.177. The maximum Gasteiger partial charge on any atom is 0.416 e. The van der Waals surface area contributed by atoms with E-state index in [-0.39, 0.29) is 41.9 Å². The molecule has 4 aromatic rings. The number of halogens is 5. The van der Waals surface area contributed by atoms with E-state index in [4.69, 9.17) is 16.3 Å². The number of aliphatic hydroxyl groups excluding tert-OH is 1. The molecule has 1 aliphatic heterocycles. The second-order valence-corrected chi connectivity index (χ2v) is 13.2. The van der Waals surface area contributed by atoms with Crippen LogP contribution in [0.15, 0.2) is 84.9 Å². The lowest BCUT2D eigenvalue weighted by molar-refractivity contribution is -0.137. The van der Waals surface area contributed by atoms with Gasteiger partial charge in [-0.15, -0.1) is 0 Å². The average Bonchev–Trinajstić information content (AvgIpc) is 3.06. The quantitative estimate of drug-likeness (QED) is 0.165. The number of ether oxygens (including phenoxy) is 1. The van der Waals surface area contributed by atoms with E-state index in [0.717, 1.165) is 23.3 Å². The summed E-state index contributed by atoms with van der Waals surface area (Å²) in [5.41, 5.74) is 2.53. The lowest BCUT2D eigenvalue weighted by atomic mass is 9.98. The summed E-state index contributed by atoms with van der Waals surface area (Å²) in [6.45, 7) is 4.76. The molecule has 2 amide bonds. The zero-order valence-electron chi connectivity index (χ0n) is 27.8. The highest BCUT2D eigenvalue weighted by atomic mass is 35.5. The van der Waals surface area contributed by atoms with Gasteiger partial charge in [-0.05, 0) is 78.7 Å². The monoisotopic (exact) mass is 711 g/mol. The first-order valence-electron chi connectivity index (χ1n) is 16.1. The maximum atomic E-state index is 13.9. The van der Waals surface area contributed by atoms with E-state index in [1.54, 1.807) is 36.1 Å². The molecule has 0 unspecified atom stereocenters. The van der Waals surface area contributed by atoms with Crippen LogP contribution in [0, 0.1) is 11.7 Å². The minimum atomic E-state index is -4.49. The van der Waals surface area contributed by atoms with Crippen LogP contribution in [0.1, 0.15) is 40.9 Å². The number of nitrogens with zero attached hydrogens (tertiary/aromatic N) is 2. The molecule has 7 nitrogen and oxygen atoms in total. The van der Waals surface area contributed by atoms with Crippen LogP contribution in [0.3, 0.4) is 0 Å². The van der Waals surface area contributed by atoms with Gasteiger partial charge < -0.3 is 20.1 Å². The molecular formula is C38H38ClF4N3O4. The first-order valence-corrected chi connectivity index (χ1v) is 16.5. The van der Waals surface area contributed by atoms with Crippen molar-refractivity contribution in [2.75, 3.05) is 32.1 Å². The van der Waals surface area contributed by atoms with E-state index >= 15 is 0 Å². The van der Waals surface area contributed by atoms with Crippen molar-refractivity contribution in [3.05, 3.63) is 118 Å². The number of hydrogen-bond donors (Lipinski definition) is 2. The lowest BCUT2D eigenvalue weighted by Crippen LogP contribution is -2.49. The third-order valence-electron chi connectivity index (χ3n) is 8.71. The number of fused-ring (bicyclic) bond motifs is 1. The molecule has 0 radical (unpaired) electrons. The Morgan fingerprint density at radius 1 is 1.04 bits per heavy atom. The van der Waals surface area contributed by atoms with Crippen LogP contribution in [0.4, 0.5) is 23.2 Å². The molecule has 12 heteroatoms. The van der Waals surface area contributed by atoms with Gasteiger partial charge in [-0.3, -0.25) is 14.5 Å². The summed E-state index contributed by atoms with van der Waals surface area (Å²) in [5, 5.41) is 13.1. The molecule has 0 aliphatic carbocycles. The molecule has 0 aromatic heterocycles. The van der Waals surface area contributed by atoms with E-state index in [2.05, 4.69) is 10.2 Å². The minimum Gasteiger partial charge on any atom is -0.486 e. The van der Waals surface area contributed by atoms with Crippen molar-refractivity contribution in [2.24, 2.45) is 5.92 Å². The predicted octanol–water partition coefficient (Wildman–Crippen LogP) is 7.70. The predicted molar refractivity (Wildman–Crippen MR) is 185 cm³/mol. The summed E-state index contributed by atoms with van der Waals surface area (Å²) in [7, 11) is 1.94. The highest BCUT2D eigenvalue weighted by Crippen LogP contribution is 2.35. The smallest absolute Gasteiger partial charge is 0.416 e. The molecule has 2 N–H and O–H groups in total. The number of amides is 2. The van der Waals surface area contributed by atoms with E-state index in [1.807, 2.05) is 38.2 Å². The number of carbonyl (C=O) groups is 2. The van der Waals surface area contributed by atoms with Crippen LogP contribution in [-0.4, -0.2) is 65.6 Å². The van der Waals surface area contributed by atoms with Gasteiger partial charge in [0.15, 0.2) is 5.75 Å². The zero-order valence-corrected chi connectivity index (χ0v) is 28.6. The Bertz CT molecular complexity index is 1800. The number of likely N-dealkylation sites (N-methyl/N-ethyl adjacent to an activating group) is 1. The van der Waals surface area contributed by atoms with Crippen LogP contribution in [0.2, 0.25) is 5.02 Å². The summed E-state index contributed by atoms with van der Waals surface area (Å²) in [5.74, 6) is -1.29. The molecule has 50 heavy (non-hydrogen) atoms. The normalized spacial score (nSPS) is 17.1. The summed E-state index contributed by atoms with van der Waals surface area (Å²) in [4.78, 5) is 30.6. The Balaban J connectivity index is 1.36. The van der Waals surface area contributed by atoms with Gasteiger partial charge in [0.1, 0.15) is 11.9 Å². The maximum absolute atomic E-state index is 13.9. The van der Waals surface area contributed by atoms with Crippen LogP contribution in [0.5, 0.6) is 5.75 Å². The standard InChI is InChI=1S/C38H38ClF4N3O4/c1-23-19-46(24(2)22-47)37(49)32-5-4-6-33(44-35(48)15-25-9-13-29(14-10-25)38(41,42)43)36(32)50-34(23)21-45(3)20-26-7-11-27(12-8-26)28-16-30(39)18-31(40)17-28/h4-14,16-18,23-24,34,47H,15,19-22H2,1-3H3,(H,44,48)/t23-,24+,34-/m1/s1. The first-order chi connectivity index (χ1) is 23.7. The van der Waals surface area contributed by atoms with Gasteiger partial charge in [0.2, 0.25) is 5.91 Å². The van der Waals surface area contributed by atoms with E-state index in [9.17, 15) is 32.3 Å². The van der Waals surface area contributed by atoms with Gasteiger partial charge in [-0.1, -0.05) is 61.0 Å². The zero-order chi connectivity index (χ0) is 36.2. The fourth-order valence-electron chi connectivity index (χ4n) is 5.96. The molecule has 264 valence electrons. The number of nitrogens with one attached hydrogen (secondary N) is 1. The summed E-state index contributed by atoms with van der Waals surface area (Å²) < 4.78 is 59.5. The molecule has 1 heterocycles. The van der Waals surface area contributed by atoms with E-state index in [1.165, 1.54) is 24.3 Å². The molecular weight excluding hydrogens is 674 g/mol. The number of carbonyl (C=O) groups excluding carboxylic acids is 2. The van der Waals surface area contributed by atoms with Crippen LogP contribution in [-0.2, 0) is 23.9 Å². The largest absolute Gasteiger partial charge is 0.486 e. The number of para-hydroxylation sites is 1. The van der Waals surface area contributed by atoms with Crippen LogP contribution < -0.4 is 10.1 Å². The van der Waals surface area contributed by atoms with Crippen molar-refractivity contribution in [1.29, 1.82) is 0 Å². The molecule has 0 bridgehead atoms. The van der Waals surface area contributed by atoms with E-state index < -0.39 is 35.6 Å².